The molecule has 1 aromatic heterocycles. The van der Waals surface area contributed by atoms with Crippen LogP contribution in [0.3, 0.4) is 0 Å². The summed E-state index contributed by atoms with van der Waals surface area (Å²) in [7, 11) is 0. The van der Waals surface area contributed by atoms with Crippen molar-refractivity contribution in [3.63, 3.8) is 0 Å². The Bertz CT molecular complexity index is 369. The van der Waals surface area contributed by atoms with Crippen LogP contribution < -0.4 is 0 Å². The number of nitrogens with zero attached hydrogens (tertiary/aromatic N) is 3. The zero-order chi connectivity index (χ0) is 11.5. The molecule has 0 aromatic carbocycles. The summed E-state index contributed by atoms with van der Waals surface area (Å²) < 4.78 is 1.99. The number of rotatable bonds is 5. The normalized spacial score (nSPS) is 17.3. The van der Waals surface area contributed by atoms with Gasteiger partial charge in [0.2, 0.25) is 0 Å². The Morgan fingerprint density at radius 2 is 2.38 bits per heavy atom. The molecular weight excluding hydrogens is 206 g/mol. The van der Waals surface area contributed by atoms with E-state index in [0.717, 1.165) is 19.5 Å². The SMILES string of the molecule is CCCn1nccc1CN1CC(C(=O)O)C1. The van der Waals surface area contributed by atoms with Gasteiger partial charge in [0.05, 0.1) is 11.6 Å². The Labute approximate surface area is 94.7 Å². The maximum atomic E-state index is 10.7. The largest absolute Gasteiger partial charge is 0.481 e. The van der Waals surface area contributed by atoms with Crippen molar-refractivity contribution >= 4 is 5.97 Å². The summed E-state index contributed by atoms with van der Waals surface area (Å²) >= 11 is 0. The van der Waals surface area contributed by atoms with E-state index in [-0.39, 0.29) is 5.92 Å². The van der Waals surface area contributed by atoms with E-state index in [1.807, 2.05) is 10.7 Å². The van der Waals surface area contributed by atoms with Crippen LogP contribution in [0.25, 0.3) is 0 Å². The third kappa shape index (κ3) is 2.24. The van der Waals surface area contributed by atoms with E-state index >= 15 is 0 Å². The van der Waals surface area contributed by atoms with Gasteiger partial charge in [0.15, 0.2) is 0 Å². The number of carboxylic acid groups (broad SMARTS) is 1. The molecule has 0 amide bonds. The molecule has 1 saturated heterocycles. The van der Waals surface area contributed by atoms with Gasteiger partial charge in [-0.1, -0.05) is 6.92 Å². The summed E-state index contributed by atoms with van der Waals surface area (Å²) in [6.07, 6.45) is 2.87. The van der Waals surface area contributed by atoms with Crippen molar-refractivity contribution in [2.45, 2.75) is 26.4 Å². The van der Waals surface area contributed by atoms with Crippen molar-refractivity contribution in [3.8, 4) is 0 Å². The van der Waals surface area contributed by atoms with Crippen molar-refractivity contribution in [2.75, 3.05) is 13.1 Å². The van der Waals surface area contributed by atoms with Gasteiger partial charge in [-0.15, -0.1) is 0 Å². The first kappa shape index (κ1) is 11.1. The lowest BCUT2D eigenvalue weighted by molar-refractivity contribution is -0.147. The highest BCUT2D eigenvalue weighted by Gasteiger charge is 2.32. The molecule has 0 saturated carbocycles. The van der Waals surface area contributed by atoms with E-state index in [0.29, 0.717) is 13.1 Å². The summed E-state index contributed by atoms with van der Waals surface area (Å²) in [4.78, 5) is 12.8. The van der Waals surface area contributed by atoms with Crippen molar-refractivity contribution in [1.29, 1.82) is 0 Å². The predicted octanol–water partition coefficient (Wildman–Crippen LogP) is 0.809. The van der Waals surface area contributed by atoms with Gasteiger partial charge in [-0.25, -0.2) is 0 Å². The molecule has 0 bridgehead atoms. The van der Waals surface area contributed by atoms with Crippen LogP contribution in [-0.4, -0.2) is 38.8 Å². The molecule has 0 radical (unpaired) electrons. The third-order valence-corrected chi connectivity index (χ3v) is 2.93. The molecule has 5 nitrogen and oxygen atoms in total. The molecule has 0 spiro atoms. The maximum absolute atomic E-state index is 10.7. The van der Waals surface area contributed by atoms with Gasteiger partial charge >= 0.3 is 5.97 Å². The minimum Gasteiger partial charge on any atom is -0.481 e. The van der Waals surface area contributed by atoms with Crippen LogP contribution >= 0.6 is 0 Å². The van der Waals surface area contributed by atoms with Gasteiger partial charge in [0, 0.05) is 32.4 Å². The Morgan fingerprint density at radius 3 is 3.00 bits per heavy atom. The number of carbonyl (C=O) groups is 1. The van der Waals surface area contributed by atoms with E-state index in [4.69, 9.17) is 5.11 Å². The van der Waals surface area contributed by atoms with E-state index < -0.39 is 5.97 Å². The van der Waals surface area contributed by atoms with Gasteiger partial charge in [-0.3, -0.25) is 14.4 Å². The minimum atomic E-state index is -0.682. The average Bonchev–Trinajstić information content (AvgIpc) is 2.58. The lowest BCUT2D eigenvalue weighted by atomic mass is 10.0. The number of aromatic nitrogens is 2. The molecule has 0 atom stereocenters. The van der Waals surface area contributed by atoms with Crippen molar-refractivity contribution in [1.82, 2.24) is 14.7 Å². The first-order chi connectivity index (χ1) is 7.70. The van der Waals surface area contributed by atoms with Crippen LogP contribution in [0.15, 0.2) is 12.3 Å². The van der Waals surface area contributed by atoms with Gasteiger partial charge in [-0.2, -0.15) is 5.10 Å². The molecule has 2 heterocycles. The molecule has 0 unspecified atom stereocenters. The Kier molecular flexibility index (Phi) is 3.24. The van der Waals surface area contributed by atoms with Crippen LogP contribution in [0.5, 0.6) is 0 Å². The maximum Gasteiger partial charge on any atom is 0.309 e. The fraction of sp³-hybridized carbons (Fsp3) is 0.636. The van der Waals surface area contributed by atoms with Gasteiger partial charge in [0.1, 0.15) is 0 Å². The molecule has 0 aliphatic carbocycles. The first-order valence-corrected chi connectivity index (χ1v) is 5.66. The van der Waals surface area contributed by atoms with Crippen molar-refractivity contribution in [2.24, 2.45) is 5.92 Å². The number of aryl methyl sites for hydroxylation is 1. The van der Waals surface area contributed by atoms with Gasteiger partial charge in [-0.05, 0) is 12.5 Å². The zero-order valence-electron chi connectivity index (χ0n) is 9.46. The number of carboxylic acids is 1. The van der Waals surface area contributed by atoms with Gasteiger partial charge < -0.3 is 5.11 Å². The highest BCUT2D eigenvalue weighted by Crippen LogP contribution is 2.18. The standard InChI is InChI=1S/C11H17N3O2/c1-2-5-14-10(3-4-12-14)8-13-6-9(7-13)11(15)16/h3-4,9H,2,5-8H2,1H3,(H,15,16). The van der Waals surface area contributed by atoms with Crippen LogP contribution in [0, 0.1) is 5.92 Å². The quantitative estimate of drug-likeness (QED) is 0.802. The number of likely N-dealkylation sites (tertiary alicyclic amines) is 1. The minimum absolute atomic E-state index is 0.178. The fourth-order valence-electron chi connectivity index (χ4n) is 1.99. The van der Waals surface area contributed by atoms with Crippen molar-refractivity contribution < 1.29 is 9.90 Å². The lowest BCUT2D eigenvalue weighted by Crippen LogP contribution is -2.49. The summed E-state index contributed by atoms with van der Waals surface area (Å²) in [5, 5.41) is 13.0. The van der Waals surface area contributed by atoms with Crippen molar-refractivity contribution in [3.05, 3.63) is 18.0 Å². The van der Waals surface area contributed by atoms with Crippen LogP contribution in [0.1, 0.15) is 19.0 Å². The highest BCUT2D eigenvalue weighted by molar-refractivity contribution is 5.71. The van der Waals surface area contributed by atoms with Crippen LogP contribution in [0.4, 0.5) is 0 Å². The first-order valence-electron chi connectivity index (χ1n) is 5.66. The summed E-state index contributed by atoms with van der Waals surface area (Å²) in [6.45, 7) is 5.18. The molecule has 1 fully saturated rings. The zero-order valence-corrected chi connectivity index (χ0v) is 9.46. The molecule has 5 heteroatoms. The topological polar surface area (TPSA) is 58.4 Å². The summed E-state index contributed by atoms with van der Waals surface area (Å²) in [6, 6.07) is 2.00. The number of hydrogen-bond donors (Lipinski definition) is 1. The summed E-state index contributed by atoms with van der Waals surface area (Å²) in [5.41, 5.74) is 1.17. The Morgan fingerprint density at radius 1 is 1.62 bits per heavy atom. The smallest absolute Gasteiger partial charge is 0.309 e. The second kappa shape index (κ2) is 4.65. The molecule has 1 aliphatic heterocycles. The molecule has 2 rings (SSSR count). The lowest BCUT2D eigenvalue weighted by Gasteiger charge is -2.36. The highest BCUT2D eigenvalue weighted by atomic mass is 16.4. The second-order valence-electron chi connectivity index (χ2n) is 4.27. The van der Waals surface area contributed by atoms with E-state index in [2.05, 4.69) is 16.9 Å². The molecular formula is C11H17N3O2. The van der Waals surface area contributed by atoms with E-state index in [1.54, 1.807) is 6.20 Å². The molecule has 1 aliphatic rings. The number of hydrogen-bond acceptors (Lipinski definition) is 3. The molecule has 16 heavy (non-hydrogen) atoms. The van der Waals surface area contributed by atoms with E-state index in [1.165, 1.54) is 5.69 Å². The Balaban J connectivity index is 1.86. The Hall–Kier alpha value is -1.36. The average molecular weight is 223 g/mol. The van der Waals surface area contributed by atoms with Crippen LogP contribution in [0.2, 0.25) is 0 Å². The molecule has 88 valence electrons. The monoisotopic (exact) mass is 223 g/mol. The fourth-order valence-corrected chi connectivity index (χ4v) is 1.99. The van der Waals surface area contributed by atoms with E-state index in [9.17, 15) is 4.79 Å². The second-order valence-corrected chi connectivity index (χ2v) is 4.27. The molecule has 1 N–H and O–H groups in total. The third-order valence-electron chi connectivity index (χ3n) is 2.93. The summed E-state index contributed by atoms with van der Waals surface area (Å²) in [5.74, 6) is -0.860. The van der Waals surface area contributed by atoms with Gasteiger partial charge in [0.25, 0.3) is 0 Å². The van der Waals surface area contributed by atoms with Crippen LogP contribution in [-0.2, 0) is 17.9 Å². The number of aliphatic carboxylic acids is 1. The predicted molar refractivity (Wildman–Crippen MR) is 58.9 cm³/mol. The molecule has 1 aromatic rings.